The Balaban J connectivity index is 1.55. The fourth-order valence-electron chi connectivity index (χ4n) is 5.57. The molecular formula is C32H27FO6. The van der Waals surface area contributed by atoms with Crippen molar-refractivity contribution >= 4 is 11.9 Å². The number of para-hydroxylation sites is 2. The molecule has 0 radical (unpaired) electrons. The maximum absolute atomic E-state index is 13.9. The van der Waals surface area contributed by atoms with E-state index in [0.29, 0.717) is 28.4 Å². The third-order valence-electron chi connectivity index (χ3n) is 7.33. The van der Waals surface area contributed by atoms with Crippen molar-refractivity contribution in [2.24, 2.45) is 11.8 Å². The third-order valence-corrected chi connectivity index (χ3v) is 7.33. The fourth-order valence-corrected chi connectivity index (χ4v) is 5.57. The zero-order valence-electron chi connectivity index (χ0n) is 21.4. The Kier molecular flexibility index (Phi) is 7.32. The highest BCUT2D eigenvalue weighted by Gasteiger charge is 2.60. The molecule has 0 spiro atoms. The number of esters is 1. The number of carboxylic acids is 1. The van der Waals surface area contributed by atoms with Crippen molar-refractivity contribution in [3.63, 3.8) is 0 Å². The molecule has 0 amide bonds. The third kappa shape index (κ3) is 4.95. The summed E-state index contributed by atoms with van der Waals surface area (Å²) in [7, 11) is 3.03. The first kappa shape index (κ1) is 26.0. The Morgan fingerprint density at radius 3 is 1.79 bits per heavy atom. The number of aliphatic carboxylic acids is 1. The van der Waals surface area contributed by atoms with Gasteiger partial charge in [-0.2, -0.15) is 0 Å². The lowest BCUT2D eigenvalue weighted by Gasteiger charge is -2.49. The highest BCUT2D eigenvalue weighted by atomic mass is 19.1. The number of hydrogen-bond donors (Lipinski definition) is 1. The standard InChI is InChI=1S/C32H27FO6/c1-37-25-12-5-3-10-23(25)27-29(31(34)35)28(24-11-4-6-13-26(24)38-2)30(27)32(36)39-22-9-7-8-20(18-22)19-14-16-21(33)17-15-19/h3-18,27-30H,1-2H3,(H,34,35)/t27-,28?,29?,30+/m0/s1. The molecule has 1 aliphatic carbocycles. The fraction of sp³-hybridized carbons (Fsp3) is 0.188. The van der Waals surface area contributed by atoms with Crippen LogP contribution in [0.5, 0.6) is 17.2 Å². The lowest BCUT2D eigenvalue weighted by atomic mass is 9.52. The molecular weight excluding hydrogens is 499 g/mol. The summed E-state index contributed by atoms with van der Waals surface area (Å²) in [5, 5.41) is 10.3. The van der Waals surface area contributed by atoms with Crippen LogP contribution in [-0.4, -0.2) is 31.3 Å². The van der Waals surface area contributed by atoms with Gasteiger partial charge in [-0.25, -0.2) is 4.39 Å². The van der Waals surface area contributed by atoms with Gasteiger partial charge in [0, 0.05) is 11.8 Å². The number of ether oxygens (including phenoxy) is 3. The van der Waals surface area contributed by atoms with E-state index in [9.17, 15) is 19.1 Å². The van der Waals surface area contributed by atoms with E-state index < -0.39 is 35.6 Å². The second kappa shape index (κ2) is 11.0. The van der Waals surface area contributed by atoms with Gasteiger partial charge in [0.05, 0.1) is 26.1 Å². The summed E-state index contributed by atoms with van der Waals surface area (Å²) >= 11 is 0. The molecule has 0 heterocycles. The van der Waals surface area contributed by atoms with Gasteiger partial charge >= 0.3 is 11.9 Å². The quantitative estimate of drug-likeness (QED) is 0.214. The van der Waals surface area contributed by atoms with Gasteiger partial charge in [0.25, 0.3) is 0 Å². The van der Waals surface area contributed by atoms with Crippen LogP contribution in [0.3, 0.4) is 0 Å². The molecule has 4 aromatic carbocycles. The lowest BCUT2D eigenvalue weighted by Crippen LogP contribution is -2.52. The van der Waals surface area contributed by atoms with E-state index in [1.54, 1.807) is 78.9 Å². The molecule has 7 heteroatoms. The molecule has 198 valence electrons. The molecule has 0 bridgehead atoms. The monoisotopic (exact) mass is 526 g/mol. The molecule has 0 saturated heterocycles. The Morgan fingerprint density at radius 1 is 0.692 bits per heavy atom. The molecule has 0 aromatic heterocycles. The minimum absolute atomic E-state index is 0.304. The van der Waals surface area contributed by atoms with Crippen molar-refractivity contribution in [1.82, 2.24) is 0 Å². The van der Waals surface area contributed by atoms with Crippen LogP contribution in [0.2, 0.25) is 0 Å². The summed E-state index contributed by atoms with van der Waals surface area (Å²) in [4.78, 5) is 26.5. The van der Waals surface area contributed by atoms with E-state index in [1.807, 2.05) is 6.07 Å². The van der Waals surface area contributed by atoms with Crippen LogP contribution in [-0.2, 0) is 9.59 Å². The SMILES string of the molecule is COc1ccccc1C1C(C(=O)O)[C@H](c2ccccc2OC)[C@H]1C(=O)Oc1cccc(-c2ccc(F)cc2)c1. The first-order chi connectivity index (χ1) is 18.9. The average molecular weight is 527 g/mol. The number of carbonyl (C=O) groups is 2. The van der Waals surface area contributed by atoms with Crippen molar-refractivity contribution in [2.45, 2.75) is 11.8 Å². The summed E-state index contributed by atoms with van der Waals surface area (Å²) < 4.78 is 30.4. The second-order valence-corrected chi connectivity index (χ2v) is 9.38. The van der Waals surface area contributed by atoms with Crippen LogP contribution in [0.4, 0.5) is 4.39 Å². The van der Waals surface area contributed by atoms with E-state index >= 15 is 0 Å². The predicted molar refractivity (Wildman–Crippen MR) is 144 cm³/mol. The van der Waals surface area contributed by atoms with Crippen LogP contribution in [0.15, 0.2) is 97.1 Å². The normalized spacial score (nSPS) is 20.0. The van der Waals surface area contributed by atoms with Gasteiger partial charge in [-0.1, -0.05) is 60.7 Å². The van der Waals surface area contributed by atoms with Crippen molar-refractivity contribution in [3.05, 3.63) is 114 Å². The number of carbonyl (C=O) groups excluding carboxylic acids is 1. The Hall–Kier alpha value is -4.65. The Bertz CT molecular complexity index is 1440. The predicted octanol–water partition coefficient (Wildman–Crippen LogP) is 6.31. The number of halogens is 1. The number of rotatable bonds is 8. The van der Waals surface area contributed by atoms with Crippen LogP contribution in [0, 0.1) is 17.7 Å². The molecule has 39 heavy (non-hydrogen) atoms. The second-order valence-electron chi connectivity index (χ2n) is 9.38. The minimum Gasteiger partial charge on any atom is -0.496 e. The molecule has 2 unspecified atom stereocenters. The largest absolute Gasteiger partial charge is 0.496 e. The molecule has 1 aliphatic rings. The molecule has 1 saturated carbocycles. The minimum atomic E-state index is -1.02. The summed E-state index contributed by atoms with van der Waals surface area (Å²) in [5.74, 6) is -3.75. The van der Waals surface area contributed by atoms with Gasteiger partial charge in [0.2, 0.25) is 0 Å². The van der Waals surface area contributed by atoms with Crippen molar-refractivity contribution < 1.29 is 33.3 Å². The Morgan fingerprint density at radius 2 is 1.26 bits per heavy atom. The molecule has 4 atom stereocenters. The van der Waals surface area contributed by atoms with E-state index in [-0.39, 0.29) is 5.82 Å². The van der Waals surface area contributed by atoms with E-state index in [1.165, 1.54) is 26.4 Å². The molecule has 6 nitrogen and oxygen atoms in total. The summed E-state index contributed by atoms with van der Waals surface area (Å²) in [5.41, 5.74) is 2.77. The maximum Gasteiger partial charge on any atom is 0.315 e. The number of methoxy groups -OCH3 is 2. The first-order valence-corrected chi connectivity index (χ1v) is 12.5. The first-order valence-electron chi connectivity index (χ1n) is 12.5. The number of carboxylic acid groups (broad SMARTS) is 1. The summed E-state index contributed by atoms with van der Waals surface area (Å²) in [6.45, 7) is 0. The van der Waals surface area contributed by atoms with E-state index in [4.69, 9.17) is 14.2 Å². The lowest BCUT2D eigenvalue weighted by molar-refractivity contribution is -0.158. The van der Waals surface area contributed by atoms with Gasteiger partial charge in [-0.3, -0.25) is 9.59 Å². The summed E-state index contributed by atoms with van der Waals surface area (Å²) in [6, 6.07) is 27.2. The van der Waals surface area contributed by atoms with Gasteiger partial charge < -0.3 is 19.3 Å². The van der Waals surface area contributed by atoms with Gasteiger partial charge in [-0.15, -0.1) is 0 Å². The number of hydrogen-bond acceptors (Lipinski definition) is 5. The maximum atomic E-state index is 13.9. The molecule has 4 aromatic rings. The highest BCUT2D eigenvalue weighted by Crippen LogP contribution is 2.60. The van der Waals surface area contributed by atoms with E-state index in [0.717, 1.165) is 11.1 Å². The van der Waals surface area contributed by atoms with E-state index in [2.05, 4.69) is 0 Å². The van der Waals surface area contributed by atoms with Gasteiger partial charge in [0.15, 0.2) is 0 Å². The van der Waals surface area contributed by atoms with Crippen LogP contribution in [0.25, 0.3) is 11.1 Å². The molecule has 1 N–H and O–H groups in total. The molecule has 5 rings (SSSR count). The van der Waals surface area contributed by atoms with Crippen molar-refractivity contribution in [1.29, 1.82) is 0 Å². The highest BCUT2D eigenvalue weighted by molar-refractivity contribution is 5.86. The average Bonchev–Trinajstić information content (AvgIpc) is 2.93. The van der Waals surface area contributed by atoms with Crippen LogP contribution >= 0.6 is 0 Å². The number of benzene rings is 4. The molecule has 1 fully saturated rings. The molecule has 0 aliphatic heterocycles. The van der Waals surface area contributed by atoms with Crippen molar-refractivity contribution in [3.8, 4) is 28.4 Å². The topological polar surface area (TPSA) is 82.1 Å². The zero-order valence-corrected chi connectivity index (χ0v) is 21.4. The zero-order chi connectivity index (χ0) is 27.5. The van der Waals surface area contributed by atoms with Gasteiger partial charge in [-0.05, 0) is 58.7 Å². The van der Waals surface area contributed by atoms with Crippen LogP contribution in [0.1, 0.15) is 23.0 Å². The van der Waals surface area contributed by atoms with Gasteiger partial charge in [0.1, 0.15) is 23.1 Å². The Labute approximate surface area is 225 Å². The van der Waals surface area contributed by atoms with Crippen LogP contribution < -0.4 is 14.2 Å². The van der Waals surface area contributed by atoms with Crippen molar-refractivity contribution in [2.75, 3.05) is 14.2 Å². The smallest absolute Gasteiger partial charge is 0.315 e. The summed E-state index contributed by atoms with van der Waals surface area (Å²) in [6.07, 6.45) is 0.